The smallest absolute Gasteiger partial charge is 0.337 e. The summed E-state index contributed by atoms with van der Waals surface area (Å²) in [4.78, 5) is 16.1. The van der Waals surface area contributed by atoms with E-state index < -0.39 is 0 Å². The van der Waals surface area contributed by atoms with Gasteiger partial charge in [-0.15, -0.1) is 0 Å². The van der Waals surface area contributed by atoms with Crippen LogP contribution in [0, 0.1) is 0 Å². The van der Waals surface area contributed by atoms with Crippen molar-refractivity contribution in [1.29, 1.82) is 0 Å². The van der Waals surface area contributed by atoms with E-state index in [0.29, 0.717) is 5.56 Å². The fourth-order valence-corrected chi connectivity index (χ4v) is 2.39. The molecule has 0 unspecified atom stereocenters. The number of hydrogen-bond donors (Lipinski definition) is 0. The summed E-state index contributed by atoms with van der Waals surface area (Å²) in [6.45, 7) is 6.73. The topological polar surface area (TPSA) is 42.0 Å². The van der Waals surface area contributed by atoms with Gasteiger partial charge in [-0.3, -0.25) is 4.90 Å². The first-order valence-corrected chi connectivity index (χ1v) is 7.35. The van der Waals surface area contributed by atoms with Crippen LogP contribution >= 0.6 is 0 Å². The number of methoxy groups -OCH3 is 1. The van der Waals surface area contributed by atoms with Gasteiger partial charge in [0.25, 0.3) is 0 Å². The molecule has 5 heteroatoms. The molecule has 2 rings (SSSR count). The molecule has 0 N–H and O–H groups in total. The SMILES string of the molecule is COC(=O)c1ccc(CN(C)CCN2CCOCC2)cc1. The number of likely N-dealkylation sites (N-methyl/N-ethyl adjacent to an activating group) is 1. The summed E-state index contributed by atoms with van der Waals surface area (Å²) in [5.41, 5.74) is 1.80. The molecule has 1 aromatic rings. The molecule has 0 aliphatic carbocycles. The first kappa shape index (κ1) is 15.9. The molecular formula is C16H24N2O3. The van der Waals surface area contributed by atoms with Crippen molar-refractivity contribution in [1.82, 2.24) is 9.80 Å². The predicted octanol–water partition coefficient (Wildman–Crippen LogP) is 1.24. The minimum atomic E-state index is -0.290. The van der Waals surface area contributed by atoms with Gasteiger partial charge in [0.15, 0.2) is 0 Å². The molecule has 1 saturated heterocycles. The number of nitrogens with zero attached hydrogens (tertiary/aromatic N) is 2. The van der Waals surface area contributed by atoms with E-state index in [0.717, 1.165) is 45.9 Å². The Morgan fingerprint density at radius 1 is 1.29 bits per heavy atom. The lowest BCUT2D eigenvalue weighted by molar-refractivity contribution is 0.0342. The normalized spacial score (nSPS) is 16.1. The van der Waals surface area contributed by atoms with E-state index in [1.54, 1.807) is 0 Å². The fraction of sp³-hybridized carbons (Fsp3) is 0.562. The largest absolute Gasteiger partial charge is 0.465 e. The van der Waals surface area contributed by atoms with Crippen LogP contribution in [0.1, 0.15) is 15.9 Å². The molecule has 1 fully saturated rings. The number of esters is 1. The average Bonchev–Trinajstić information content (AvgIpc) is 2.54. The number of morpholine rings is 1. The molecule has 1 heterocycles. The van der Waals surface area contributed by atoms with Gasteiger partial charge < -0.3 is 14.4 Å². The summed E-state index contributed by atoms with van der Waals surface area (Å²) in [5.74, 6) is -0.290. The standard InChI is InChI=1S/C16H24N2O3/c1-17(7-8-18-9-11-21-12-10-18)13-14-3-5-15(6-4-14)16(19)20-2/h3-6H,7-13H2,1-2H3. The molecule has 0 amide bonds. The van der Waals surface area contributed by atoms with E-state index in [1.165, 1.54) is 12.7 Å². The zero-order valence-corrected chi connectivity index (χ0v) is 12.9. The van der Waals surface area contributed by atoms with Crippen LogP contribution in [-0.4, -0.2) is 69.3 Å². The molecule has 1 aliphatic heterocycles. The number of carbonyl (C=O) groups is 1. The van der Waals surface area contributed by atoms with Crippen LogP contribution in [-0.2, 0) is 16.0 Å². The Balaban J connectivity index is 1.76. The van der Waals surface area contributed by atoms with Gasteiger partial charge in [0.2, 0.25) is 0 Å². The Morgan fingerprint density at radius 3 is 2.57 bits per heavy atom. The average molecular weight is 292 g/mol. The van der Waals surface area contributed by atoms with Crippen LogP contribution in [0.3, 0.4) is 0 Å². The molecule has 0 bridgehead atoms. The summed E-state index contributed by atoms with van der Waals surface area (Å²) in [6, 6.07) is 7.60. The van der Waals surface area contributed by atoms with Gasteiger partial charge in [0, 0.05) is 32.7 Å². The second-order valence-corrected chi connectivity index (χ2v) is 5.38. The molecule has 1 aromatic carbocycles. The number of benzene rings is 1. The van der Waals surface area contributed by atoms with Crippen LogP contribution in [0.25, 0.3) is 0 Å². The predicted molar refractivity (Wildman–Crippen MR) is 81.4 cm³/mol. The molecular weight excluding hydrogens is 268 g/mol. The van der Waals surface area contributed by atoms with E-state index in [9.17, 15) is 4.79 Å². The van der Waals surface area contributed by atoms with Gasteiger partial charge in [-0.2, -0.15) is 0 Å². The van der Waals surface area contributed by atoms with Gasteiger partial charge in [-0.25, -0.2) is 4.79 Å². The highest BCUT2D eigenvalue weighted by atomic mass is 16.5. The summed E-state index contributed by atoms with van der Waals surface area (Å²) in [7, 11) is 3.52. The maximum absolute atomic E-state index is 11.4. The Morgan fingerprint density at radius 2 is 1.95 bits per heavy atom. The Labute approximate surface area is 126 Å². The highest BCUT2D eigenvalue weighted by molar-refractivity contribution is 5.89. The van der Waals surface area contributed by atoms with Gasteiger partial charge >= 0.3 is 5.97 Å². The third-order valence-corrected chi connectivity index (χ3v) is 3.73. The molecule has 0 atom stereocenters. The van der Waals surface area contributed by atoms with Gasteiger partial charge in [-0.05, 0) is 24.7 Å². The quantitative estimate of drug-likeness (QED) is 0.738. The zero-order valence-electron chi connectivity index (χ0n) is 12.9. The minimum absolute atomic E-state index is 0.290. The van der Waals surface area contributed by atoms with E-state index in [4.69, 9.17) is 9.47 Å². The third-order valence-electron chi connectivity index (χ3n) is 3.73. The fourth-order valence-electron chi connectivity index (χ4n) is 2.39. The molecule has 116 valence electrons. The molecule has 5 nitrogen and oxygen atoms in total. The van der Waals surface area contributed by atoms with Crippen LogP contribution in [0.4, 0.5) is 0 Å². The van der Waals surface area contributed by atoms with Gasteiger partial charge in [0.05, 0.1) is 25.9 Å². The molecule has 21 heavy (non-hydrogen) atoms. The molecule has 1 aliphatic rings. The Kier molecular flexibility index (Phi) is 6.17. The first-order chi connectivity index (χ1) is 10.2. The number of ether oxygens (including phenoxy) is 2. The van der Waals surface area contributed by atoms with Crippen LogP contribution < -0.4 is 0 Å². The maximum atomic E-state index is 11.4. The van der Waals surface area contributed by atoms with Crippen molar-refractivity contribution in [3.05, 3.63) is 35.4 Å². The molecule has 0 spiro atoms. The second-order valence-electron chi connectivity index (χ2n) is 5.38. The summed E-state index contributed by atoms with van der Waals surface area (Å²) >= 11 is 0. The van der Waals surface area contributed by atoms with Crippen molar-refractivity contribution in [2.75, 3.05) is 53.6 Å². The van der Waals surface area contributed by atoms with Crippen molar-refractivity contribution in [3.8, 4) is 0 Å². The van der Waals surface area contributed by atoms with Crippen molar-refractivity contribution in [3.63, 3.8) is 0 Å². The lowest BCUT2D eigenvalue weighted by Gasteiger charge is -2.28. The second kappa shape index (κ2) is 8.12. The monoisotopic (exact) mass is 292 g/mol. The van der Waals surface area contributed by atoms with Crippen LogP contribution in [0.2, 0.25) is 0 Å². The molecule has 0 radical (unpaired) electrons. The van der Waals surface area contributed by atoms with Gasteiger partial charge in [0.1, 0.15) is 0 Å². The Hall–Kier alpha value is -1.43. The molecule has 0 saturated carbocycles. The number of rotatable bonds is 6. The van der Waals surface area contributed by atoms with Gasteiger partial charge in [-0.1, -0.05) is 12.1 Å². The van der Waals surface area contributed by atoms with Crippen molar-refractivity contribution in [2.24, 2.45) is 0 Å². The van der Waals surface area contributed by atoms with E-state index >= 15 is 0 Å². The van der Waals surface area contributed by atoms with Crippen molar-refractivity contribution >= 4 is 5.97 Å². The first-order valence-electron chi connectivity index (χ1n) is 7.35. The highest BCUT2D eigenvalue weighted by Crippen LogP contribution is 2.08. The van der Waals surface area contributed by atoms with E-state index in [1.807, 2.05) is 24.3 Å². The number of carbonyl (C=O) groups excluding carboxylic acids is 1. The van der Waals surface area contributed by atoms with Crippen molar-refractivity contribution < 1.29 is 14.3 Å². The van der Waals surface area contributed by atoms with Crippen LogP contribution in [0.15, 0.2) is 24.3 Å². The molecule has 0 aromatic heterocycles. The summed E-state index contributed by atoms with van der Waals surface area (Å²) < 4.78 is 10.0. The minimum Gasteiger partial charge on any atom is -0.465 e. The Bertz CT molecular complexity index is 441. The van der Waals surface area contributed by atoms with E-state index in [-0.39, 0.29) is 5.97 Å². The van der Waals surface area contributed by atoms with Crippen LogP contribution in [0.5, 0.6) is 0 Å². The maximum Gasteiger partial charge on any atom is 0.337 e. The highest BCUT2D eigenvalue weighted by Gasteiger charge is 2.11. The lowest BCUT2D eigenvalue weighted by Crippen LogP contribution is -2.40. The summed E-state index contributed by atoms with van der Waals surface area (Å²) in [6.07, 6.45) is 0. The number of hydrogen-bond acceptors (Lipinski definition) is 5. The summed E-state index contributed by atoms with van der Waals surface area (Å²) in [5, 5.41) is 0. The van der Waals surface area contributed by atoms with Crippen molar-refractivity contribution in [2.45, 2.75) is 6.54 Å². The third kappa shape index (κ3) is 5.12. The zero-order chi connectivity index (χ0) is 15.1. The van der Waals surface area contributed by atoms with E-state index in [2.05, 4.69) is 16.8 Å². The lowest BCUT2D eigenvalue weighted by atomic mass is 10.1.